The molecule has 0 fully saturated rings. The molecule has 1 aromatic heterocycles. The maximum Gasteiger partial charge on any atom is 0.290 e. The minimum atomic E-state index is -0.264. The molecule has 94 valence electrons. The van der Waals surface area contributed by atoms with E-state index in [2.05, 4.69) is 15.3 Å². The van der Waals surface area contributed by atoms with Crippen molar-refractivity contribution in [2.24, 2.45) is 0 Å². The predicted molar refractivity (Wildman–Crippen MR) is 69.6 cm³/mol. The highest BCUT2D eigenvalue weighted by Gasteiger charge is 2.05. The lowest BCUT2D eigenvalue weighted by Crippen LogP contribution is -2.15. The maximum atomic E-state index is 11.4. The molecule has 0 saturated heterocycles. The van der Waals surface area contributed by atoms with Gasteiger partial charge < -0.3 is 20.8 Å². The van der Waals surface area contributed by atoms with Gasteiger partial charge in [0.2, 0.25) is 0 Å². The molecular weight excluding hydrogens is 232 g/mol. The highest BCUT2D eigenvalue weighted by atomic mass is 16.5. The quantitative estimate of drug-likeness (QED) is 0.699. The van der Waals surface area contributed by atoms with Gasteiger partial charge in [-0.05, 0) is 18.2 Å². The number of hydrogen-bond donors (Lipinski definition) is 3. The molecule has 2 rings (SSSR count). The lowest BCUT2D eigenvalue weighted by atomic mass is 10.2. The second kappa shape index (κ2) is 5.22. The van der Waals surface area contributed by atoms with Gasteiger partial charge >= 0.3 is 0 Å². The normalized spacial score (nSPS) is 10.1. The Labute approximate surface area is 104 Å². The first kappa shape index (κ1) is 12.0. The Kier molecular flexibility index (Phi) is 3.47. The van der Waals surface area contributed by atoms with E-state index in [1.54, 1.807) is 25.3 Å². The molecule has 0 amide bonds. The molecule has 1 heterocycles. The molecule has 1 aromatic carbocycles. The predicted octanol–water partition coefficient (Wildman–Crippen LogP) is 0.973. The number of benzene rings is 1. The summed E-state index contributed by atoms with van der Waals surface area (Å²) >= 11 is 0. The van der Waals surface area contributed by atoms with Crippen LogP contribution in [0.4, 0.5) is 11.5 Å². The number of hydrogen-bond acceptors (Lipinski definition) is 5. The van der Waals surface area contributed by atoms with E-state index in [0.29, 0.717) is 18.0 Å². The standard InChI is InChI=1S/C12H14N4O2/c1-18-10-3-2-9(13)6-8(10)7-16-11-12(17)15-5-4-14-11/h2-6H,7,13H2,1H3,(H,14,16)(H,15,17). The lowest BCUT2D eigenvalue weighted by molar-refractivity contribution is 0.410. The molecule has 4 N–H and O–H groups in total. The summed E-state index contributed by atoms with van der Waals surface area (Å²) in [6.45, 7) is 0.411. The van der Waals surface area contributed by atoms with Crippen LogP contribution in [0.1, 0.15) is 5.56 Å². The van der Waals surface area contributed by atoms with Crippen LogP contribution in [0.15, 0.2) is 35.4 Å². The highest BCUT2D eigenvalue weighted by Crippen LogP contribution is 2.21. The SMILES string of the molecule is COc1ccc(N)cc1CNc1ncc[nH]c1=O. The van der Waals surface area contributed by atoms with Crippen molar-refractivity contribution in [1.29, 1.82) is 0 Å². The van der Waals surface area contributed by atoms with E-state index in [1.165, 1.54) is 12.4 Å². The summed E-state index contributed by atoms with van der Waals surface area (Å²) in [4.78, 5) is 17.9. The molecule has 0 aliphatic carbocycles. The number of H-pyrrole nitrogens is 1. The number of rotatable bonds is 4. The monoisotopic (exact) mass is 246 g/mol. The van der Waals surface area contributed by atoms with Gasteiger partial charge in [-0.1, -0.05) is 0 Å². The molecule has 18 heavy (non-hydrogen) atoms. The minimum absolute atomic E-state index is 0.264. The number of aromatic nitrogens is 2. The van der Waals surface area contributed by atoms with Crippen molar-refractivity contribution in [3.05, 3.63) is 46.5 Å². The van der Waals surface area contributed by atoms with Crippen LogP contribution in [0.25, 0.3) is 0 Å². The number of ether oxygens (including phenoxy) is 1. The molecule has 0 aliphatic heterocycles. The fourth-order valence-corrected chi connectivity index (χ4v) is 1.59. The van der Waals surface area contributed by atoms with Crippen LogP contribution in [0, 0.1) is 0 Å². The zero-order valence-corrected chi connectivity index (χ0v) is 9.93. The molecule has 2 aromatic rings. The average Bonchev–Trinajstić information content (AvgIpc) is 2.38. The van der Waals surface area contributed by atoms with Crippen molar-refractivity contribution in [1.82, 2.24) is 9.97 Å². The lowest BCUT2D eigenvalue weighted by Gasteiger charge is -2.10. The molecule has 0 radical (unpaired) electrons. The van der Waals surface area contributed by atoms with Gasteiger partial charge in [0.15, 0.2) is 5.82 Å². The van der Waals surface area contributed by atoms with Gasteiger partial charge in [-0.3, -0.25) is 4.79 Å². The van der Waals surface area contributed by atoms with Gasteiger partial charge in [0.1, 0.15) is 5.75 Å². The van der Waals surface area contributed by atoms with Gasteiger partial charge in [-0.2, -0.15) is 0 Å². The Hall–Kier alpha value is -2.50. The van der Waals surface area contributed by atoms with Gasteiger partial charge in [-0.25, -0.2) is 4.98 Å². The minimum Gasteiger partial charge on any atom is -0.496 e. The topological polar surface area (TPSA) is 93.0 Å². The fraction of sp³-hybridized carbons (Fsp3) is 0.167. The molecule has 0 bridgehead atoms. The van der Waals surface area contributed by atoms with Crippen molar-refractivity contribution in [2.75, 3.05) is 18.2 Å². The zero-order chi connectivity index (χ0) is 13.0. The van der Waals surface area contributed by atoms with E-state index in [0.717, 1.165) is 5.56 Å². The van der Waals surface area contributed by atoms with E-state index in [1.807, 2.05) is 0 Å². The van der Waals surface area contributed by atoms with E-state index < -0.39 is 0 Å². The van der Waals surface area contributed by atoms with E-state index in [-0.39, 0.29) is 11.4 Å². The summed E-state index contributed by atoms with van der Waals surface area (Å²) in [5.41, 5.74) is 6.96. The van der Waals surface area contributed by atoms with Crippen LogP contribution in [-0.4, -0.2) is 17.1 Å². The van der Waals surface area contributed by atoms with Gasteiger partial charge in [0, 0.05) is 30.2 Å². The van der Waals surface area contributed by atoms with E-state index in [4.69, 9.17) is 10.5 Å². The molecule has 0 aliphatic rings. The van der Waals surface area contributed by atoms with Crippen LogP contribution in [0.3, 0.4) is 0 Å². The van der Waals surface area contributed by atoms with Gasteiger partial charge in [-0.15, -0.1) is 0 Å². The Morgan fingerprint density at radius 1 is 1.50 bits per heavy atom. The first-order chi connectivity index (χ1) is 8.70. The van der Waals surface area contributed by atoms with Gasteiger partial charge in [0.05, 0.1) is 7.11 Å². The van der Waals surface area contributed by atoms with Crippen LogP contribution in [0.5, 0.6) is 5.75 Å². The third kappa shape index (κ3) is 2.60. The molecular formula is C12H14N4O2. The van der Waals surface area contributed by atoms with Crippen molar-refractivity contribution in [2.45, 2.75) is 6.54 Å². The van der Waals surface area contributed by atoms with Crippen LogP contribution in [0.2, 0.25) is 0 Å². The fourth-order valence-electron chi connectivity index (χ4n) is 1.59. The summed E-state index contributed by atoms with van der Waals surface area (Å²) < 4.78 is 5.22. The number of methoxy groups -OCH3 is 1. The Balaban J connectivity index is 2.18. The highest BCUT2D eigenvalue weighted by molar-refractivity contribution is 5.49. The summed E-state index contributed by atoms with van der Waals surface area (Å²) in [5, 5.41) is 2.94. The second-order valence-electron chi connectivity index (χ2n) is 3.69. The summed E-state index contributed by atoms with van der Waals surface area (Å²) in [5.74, 6) is 0.978. The number of nitrogens with zero attached hydrogens (tertiary/aromatic N) is 1. The zero-order valence-electron chi connectivity index (χ0n) is 9.93. The van der Waals surface area contributed by atoms with Crippen molar-refractivity contribution < 1.29 is 4.74 Å². The first-order valence-corrected chi connectivity index (χ1v) is 5.40. The summed E-state index contributed by atoms with van der Waals surface area (Å²) in [6.07, 6.45) is 2.99. The molecule has 6 heteroatoms. The van der Waals surface area contributed by atoms with Gasteiger partial charge in [0.25, 0.3) is 5.56 Å². The Bertz CT molecular complexity index is 595. The third-order valence-corrected chi connectivity index (χ3v) is 2.46. The van der Waals surface area contributed by atoms with Crippen molar-refractivity contribution in [3.8, 4) is 5.75 Å². The van der Waals surface area contributed by atoms with Crippen LogP contribution in [-0.2, 0) is 6.54 Å². The number of nitrogens with one attached hydrogen (secondary N) is 2. The number of aromatic amines is 1. The van der Waals surface area contributed by atoms with E-state index >= 15 is 0 Å². The summed E-state index contributed by atoms with van der Waals surface area (Å²) in [6, 6.07) is 5.34. The number of nitrogen functional groups attached to an aromatic ring is 1. The summed E-state index contributed by atoms with van der Waals surface area (Å²) in [7, 11) is 1.59. The Morgan fingerprint density at radius 3 is 3.06 bits per heavy atom. The second-order valence-corrected chi connectivity index (χ2v) is 3.69. The Morgan fingerprint density at radius 2 is 2.33 bits per heavy atom. The number of anilines is 2. The smallest absolute Gasteiger partial charge is 0.290 e. The maximum absolute atomic E-state index is 11.4. The first-order valence-electron chi connectivity index (χ1n) is 5.40. The van der Waals surface area contributed by atoms with E-state index in [9.17, 15) is 4.79 Å². The number of nitrogens with two attached hydrogens (primary N) is 1. The third-order valence-electron chi connectivity index (χ3n) is 2.46. The largest absolute Gasteiger partial charge is 0.496 e. The van der Waals surface area contributed by atoms with Crippen molar-refractivity contribution >= 4 is 11.5 Å². The average molecular weight is 246 g/mol. The van der Waals surface area contributed by atoms with Crippen LogP contribution < -0.4 is 21.3 Å². The van der Waals surface area contributed by atoms with Crippen molar-refractivity contribution in [3.63, 3.8) is 0 Å². The van der Waals surface area contributed by atoms with Crippen LogP contribution >= 0.6 is 0 Å². The molecule has 0 saturated carbocycles. The molecule has 6 nitrogen and oxygen atoms in total. The molecule has 0 atom stereocenters. The molecule has 0 spiro atoms. The molecule has 0 unspecified atom stereocenters.